The van der Waals surface area contributed by atoms with Gasteiger partial charge in [-0.25, -0.2) is 4.98 Å². The van der Waals surface area contributed by atoms with Crippen LogP contribution in [0, 0.1) is 23.7 Å². The molecule has 4 aliphatic rings. The van der Waals surface area contributed by atoms with Crippen LogP contribution >= 0.6 is 0 Å². The van der Waals surface area contributed by atoms with E-state index in [0.717, 1.165) is 48.9 Å². The summed E-state index contributed by atoms with van der Waals surface area (Å²) < 4.78 is 6.12. The normalized spacial score (nSPS) is 38.5. The van der Waals surface area contributed by atoms with E-state index in [1.807, 2.05) is 13.2 Å². The SMILES string of the molecule is CNCCCc1ncc(C2C3CC4CC(C3)CC2C4)o1. The summed E-state index contributed by atoms with van der Waals surface area (Å²) in [6, 6.07) is 0. The van der Waals surface area contributed by atoms with Crippen molar-refractivity contribution in [3.8, 4) is 0 Å². The van der Waals surface area contributed by atoms with Gasteiger partial charge in [-0.3, -0.25) is 0 Å². The van der Waals surface area contributed by atoms with Crippen LogP contribution in [0.15, 0.2) is 10.6 Å². The summed E-state index contributed by atoms with van der Waals surface area (Å²) in [7, 11) is 2.00. The molecule has 0 unspecified atom stereocenters. The number of aromatic nitrogens is 1. The lowest BCUT2D eigenvalue weighted by atomic mass is 9.51. The fourth-order valence-electron chi connectivity index (χ4n) is 5.40. The Labute approximate surface area is 121 Å². The summed E-state index contributed by atoms with van der Waals surface area (Å²) in [5.74, 6) is 6.70. The fourth-order valence-corrected chi connectivity index (χ4v) is 5.40. The average Bonchev–Trinajstić information content (AvgIpc) is 2.86. The highest BCUT2D eigenvalue weighted by molar-refractivity contribution is 5.13. The second kappa shape index (κ2) is 5.18. The van der Waals surface area contributed by atoms with Gasteiger partial charge in [-0.1, -0.05) is 0 Å². The van der Waals surface area contributed by atoms with E-state index in [2.05, 4.69) is 10.3 Å². The highest BCUT2D eigenvalue weighted by Crippen LogP contribution is 2.59. The van der Waals surface area contributed by atoms with Crippen LogP contribution < -0.4 is 5.32 Å². The third kappa shape index (κ3) is 2.20. The fraction of sp³-hybridized carbons (Fsp3) is 0.824. The Balaban J connectivity index is 1.47. The molecule has 0 atom stereocenters. The summed E-state index contributed by atoms with van der Waals surface area (Å²) in [6.45, 7) is 1.04. The first-order chi connectivity index (χ1) is 9.83. The predicted octanol–water partition coefficient (Wildman–Crippen LogP) is 3.37. The maximum absolute atomic E-state index is 6.12. The minimum atomic E-state index is 0.688. The minimum absolute atomic E-state index is 0.688. The number of nitrogens with zero attached hydrogens (tertiary/aromatic N) is 1. The molecule has 0 aliphatic heterocycles. The molecule has 4 fully saturated rings. The van der Waals surface area contributed by atoms with E-state index in [1.165, 1.54) is 37.9 Å². The van der Waals surface area contributed by atoms with Gasteiger partial charge in [0.1, 0.15) is 5.76 Å². The first-order valence-electron chi connectivity index (χ1n) is 8.42. The molecule has 1 aromatic rings. The zero-order valence-electron chi connectivity index (χ0n) is 12.5. The molecule has 0 amide bonds. The van der Waals surface area contributed by atoms with Crippen LogP contribution in [0.2, 0.25) is 0 Å². The van der Waals surface area contributed by atoms with Gasteiger partial charge in [0.15, 0.2) is 5.89 Å². The van der Waals surface area contributed by atoms with E-state index in [1.54, 1.807) is 0 Å². The van der Waals surface area contributed by atoms with E-state index in [0.29, 0.717) is 5.92 Å². The van der Waals surface area contributed by atoms with Gasteiger partial charge in [0.2, 0.25) is 0 Å². The standard InChI is InChI=1S/C17H26N2O/c1-18-4-2-3-16-19-10-15(20-16)17-13-6-11-5-12(8-13)9-14(17)7-11/h10-14,17-18H,2-9H2,1H3. The lowest BCUT2D eigenvalue weighted by Gasteiger charge is -2.53. The van der Waals surface area contributed by atoms with E-state index in [-0.39, 0.29) is 0 Å². The highest BCUT2D eigenvalue weighted by atomic mass is 16.4. The lowest BCUT2D eigenvalue weighted by Crippen LogP contribution is -2.43. The van der Waals surface area contributed by atoms with Gasteiger partial charge < -0.3 is 9.73 Å². The lowest BCUT2D eigenvalue weighted by molar-refractivity contribution is -0.00992. The van der Waals surface area contributed by atoms with Crippen LogP contribution in [-0.2, 0) is 6.42 Å². The van der Waals surface area contributed by atoms with Crippen LogP contribution in [0.3, 0.4) is 0 Å². The molecule has 0 aromatic carbocycles. The van der Waals surface area contributed by atoms with Gasteiger partial charge in [0, 0.05) is 12.3 Å². The maximum atomic E-state index is 6.12. The van der Waals surface area contributed by atoms with Crippen LogP contribution in [0.4, 0.5) is 0 Å². The zero-order chi connectivity index (χ0) is 13.5. The smallest absolute Gasteiger partial charge is 0.194 e. The Bertz CT molecular complexity index is 439. The topological polar surface area (TPSA) is 38.1 Å². The quantitative estimate of drug-likeness (QED) is 0.837. The van der Waals surface area contributed by atoms with Gasteiger partial charge >= 0.3 is 0 Å². The number of nitrogens with one attached hydrogen (secondary N) is 1. The monoisotopic (exact) mass is 274 g/mol. The largest absolute Gasteiger partial charge is 0.445 e. The van der Waals surface area contributed by atoms with Crippen LogP contribution in [0.25, 0.3) is 0 Å². The molecule has 3 nitrogen and oxygen atoms in total. The minimum Gasteiger partial charge on any atom is -0.445 e. The molecule has 1 N–H and O–H groups in total. The van der Waals surface area contributed by atoms with Gasteiger partial charge in [-0.15, -0.1) is 0 Å². The summed E-state index contributed by atoms with van der Waals surface area (Å²) in [5.41, 5.74) is 0. The van der Waals surface area contributed by atoms with E-state index in [9.17, 15) is 0 Å². The van der Waals surface area contributed by atoms with Crippen molar-refractivity contribution in [2.45, 2.75) is 50.9 Å². The van der Waals surface area contributed by atoms with Crippen molar-refractivity contribution >= 4 is 0 Å². The Kier molecular flexibility index (Phi) is 3.33. The highest BCUT2D eigenvalue weighted by Gasteiger charge is 2.49. The van der Waals surface area contributed by atoms with Crippen molar-refractivity contribution in [2.24, 2.45) is 23.7 Å². The first-order valence-corrected chi connectivity index (χ1v) is 8.42. The number of hydrogen-bond donors (Lipinski definition) is 1. The molecule has 3 heteroatoms. The van der Waals surface area contributed by atoms with Crippen LogP contribution in [-0.4, -0.2) is 18.6 Å². The molecule has 0 radical (unpaired) electrons. The van der Waals surface area contributed by atoms with Crippen molar-refractivity contribution in [3.63, 3.8) is 0 Å². The maximum Gasteiger partial charge on any atom is 0.194 e. The molecule has 0 saturated heterocycles. The Morgan fingerprint density at radius 2 is 1.85 bits per heavy atom. The summed E-state index contributed by atoms with van der Waals surface area (Å²) in [4.78, 5) is 4.53. The van der Waals surface area contributed by atoms with Crippen LogP contribution in [0.1, 0.15) is 56.1 Å². The summed E-state index contributed by atoms with van der Waals surface area (Å²) in [5, 5.41) is 3.18. The molecule has 4 bridgehead atoms. The molecule has 110 valence electrons. The molecule has 4 aliphatic carbocycles. The number of rotatable bonds is 5. The molecule has 4 saturated carbocycles. The molecular weight excluding hydrogens is 248 g/mol. The van der Waals surface area contributed by atoms with Gasteiger partial charge in [0.05, 0.1) is 6.20 Å². The van der Waals surface area contributed by atoms with Crippen LogP contribution in [0.5, 0.6) is 0 Å². The molecule has 1 aromatic heterocycles. The number of aryl methyl sites for hydroxylation is 1. The summed E-state index contributed by atoms with van der Waals surface area (Å²) in [6.07, 6.45) is 11.4. The Morgan fingerprint density at radius 3 is 2.50 bits per heavy atom. The molecule has 5 rings (SSSR count). The molecule has 20 heavy (non-hydrogen) atoms. The van der Waals surface area contributed by atoms with Gasteiger partial charge in [-0.2, -0.15) is 0 Å². The third-order valence-corrected chi connectivity index (χ3v) is 5.94. The van der Waals surface area contributed by atoms with Crippen molar-refractivity contribution in [3.05, 3.63) is 17.8 Å². The summed E-state index contributed by atoms with van der Waals surface area (Å²) >= 11 is 0. The average molecular weight is 274 g/mol. The number of hydrogen-bond acceptors (Lipinski definition) is 3. The van der Waals surface area contributed by atoms with Gasteiger partial charge in [-0.05, 0) is 75.8 Å². The van der Waals surface area contributed by atoms with Crippen molar-refractivity contribution in [2.75, 3.05) is 13.6 Å². The number of oxazole rings is 1. The van der Waals surface area contributed by atoms with E-state index in [4.69, 9.17) is 4.42 Å². The molecular formula is C17H26N2O. The molecule has 1 heterocycles. The van der Waals surface area contributed by atoms with Crippen molar-refractivity contribution in [1.29, 1.82) is 0 Å². The van der Waals surface area contributed by atoms with E-state index < -0.39 is 0 Å². The Morgan fingerprint density at radius 1 is 1.15 bits per heavy atom. The second-order valence-corrected chi connectivity index (χ2v) is 7.32. The third-order valence-electron chi connectivity index (χ3n) is 5.94. The molecule has 0 spiro atoms. The van der Waals surface area contributed by atoms with E-state index >= 15 is 0 Å². The predicted molar refractivity (Wildman–Crippen MR) is 78.5 cm³/mol. The zero-order valence-corrected chi connectivity index (χ0v) is 12.5. The Hall–Kier alpha value is -0.830. The van der Waals surface area contributed by atoms with Crippen molar-refractivity contribution in [1.82, 2.24) is 10.3 Å². The first kappa shape index (κ1) is 12.9. The second-order valence-electron chi connectivity index (χ2n) is 7.32. The van der Waals surface area contributed by atoms with Crippen molar-refractivity contribution < 1.29 is 4.42 Å². The van der Waals surface area contributed by atoms with Gasteiger partial charge in [0.25, 0.3) is 0 Å².